The number of piperazine rings is 1. The molecule has 2 rings (SSSR count). The van der Waals surface area contributed by atoms with Crippen LogP contribution >= 0.6 is 0 Å². The number of halogens is 1. The maximum absolute atomic E-state index is 13.6. The molecule has 82 valence electrons. The Balaban J connectivity index is 2.25. The molecule has 0 spiro atoms. The molecule has 1 aliphatic heterocycles. The highest BCUT2D eigenvalue weighted by Crippen LogP contribution is 2.22. The molecule has 0 radical (unpaired) electrons. The van der Waals surface area contributed by atoms with Crippen LogP contribution in [0.3, 0.4) is 0 Å². The molecule has 0 saturated carbocycles. The lowest BCUT2D eigenvalue weighted by Gasteiger charge is -2.39. The Hall–Kier alpha value is -1.09. The average molecular weight is 208 g/mol. The summed E-state index contributed by atoms with van der Waals surface area (Å²) < 4.78 is 13.6. The fourth-order valence-electron chi connectivity index (χ4n) is 2.04. The Morgan fingerprint density at radius 2 is 2.07 bits per heavy atom. The third-order valence-electron chi connectivity index (χ3n) is 2.93. The van der Waals surface area contributed by atoms with Crippen molar-refractivity contribution >= 4 is 5.69 Å². The van der Waals surface area contributed by atoms with E-state index in [0.717, 1.165) is 18.8 Å². The van der Waals surface area contributed by atoms with Crippen molar-refractivity contribution in [3.05, 3.63) is 30.1 Å². The summed E-state index contributed by atoms with van der Waals surface area (Å²) in [5.74, 6) is -0.126. The molecular formula is C12H17FN2. The van der Waals surface area contributed by atoms with E-state index in [1.54, 1.807) is 6.07 Å². The van der Waals surface area contributed by atoms with Crippen LogP contribution in [0.25, 0.3) is 0 Å². The van der Waals surface area contributed by atoms with Crippen LogP contribution in [0.1, 0.15) is 13.8 Å². The first-order valence-electron chi connectivity index (χ1n) is 5.43. The van der Waals surface area contributed by atoms with E-state index in [-0.39, 0.29) is 5.82 Å². The number of rotatable bonds is 1. The first-order valence-corrected chi connectivity index (χ1v) is 5.43. The standard InChI is InChI=1S/C12H17FN2/c1-9-8-15(10(2)7-14-9)12-6-4-3-5-11(12)13/h3-6,9-10,14H,7-8H2,1-2H3. The highest BCUT2D eigenvalue weighted by molar-refractivity contribution is 5.49. The molecule has 3 heteroatoms. The van der Waals surface area contributed by atoms with Gasteiger partial charge < -0.3 is 10.2 Å². The predicted molar refractivity (Wildman–Crippen MR) is 60.7 cm³/mol. The van der Waals surface area contributed by atoms with Crippen molar-refractivity contribution < 1.29 is 4.39 Å². The maximum atomic E-state index is 13.6. The summed E-state index contributed by atoms with van der Waals surface area (Å²) in [6.07, 6.45) is 0. The first kappa shape index (κ1) is 10.4. The monoisotopic (exact) mass is 208 g/mol. The summed E-state index contributed by atoms with van der Waals surface area (Å²) in [7, 11) is 0. The van der Waals surface area contributed by atoms with E-state index >= 15 is 0 Å². The highest BCUT2D eigenvalue weighted by Gasteiger charge is 2.23. The Kier molecular flexibility index (Phi) is 2.91. The van der Waals surface area contributed by atoms with Gasteiger partial charge in [0.15, 0.2) is 0 Å². The third kappa shape index (κ3) is 2.12. The van der Waals surface area contributed by atoms with Crippen molar-refractivity contribution in [3.8, 4) is 0 Å². The molecule has 1 N–H and O–H groups in total. The molecule has 1 saturated heterocycles. The van der Waals surface area contributed by atoms with Crippen LogP contribution in [0.5, 0.6) is 0 Å². The number of nitrogens with zero attached hydrogens (tertiary/aromatic N) is 1. The second-order valence-corrected chi connectivity index (χ2v) is 4.26. The topological polar surface area (TPSA) is 15.3 Å². The molecule has 0 amide bonds. The van der Waals surface area contributed by atoms with E-state index in [0.29, 0.717) is 12.1 Å². The molecule has 2 unspecified atom stereocenters. The number of hydrogen-bond donors (Lipinski definition) is 1. The Bertz CT molecular complexity index is 340. The van der Waals surface area contributed by atoms with Crippen LogP contribution in [0.4, 0.5) is 10.1 Å². The molecule has 15 heavy (non-hydrogen) atoms. The molecule has 1 fully saturated rings. The van der Waals surface area contributed by atoms with E-state index in [1.807, 2.05) is 12.1 Å². The van der Waals surface area contributed by atoms with Crippen molar-refractivity contribution in [2.75, 3.05) is 18.0 Å². The van der Waals surface area contributed by atoms with Gasteiger partial charge in [-0.15, -0.1) is 0 Å². The lowest BCUT2D eigenvalue weighted by molar-refractivity contribution is 0.420. The van der Waals surface area contributed by atoms with Crippen LogP contribution in [0.15, 0.2) is 24.3 Å². The zero-order valence-electron chi connectivity index (χ0n) is 9.20. The van der Waals surface area contributed by atoms with Gasteiger partial charge in [0, 0.05) is 25.2 Å². The molecule has 0 aliphatic carbocycles. The van der Waals surface area contributed by atoms with Crippen LogP contribution in [-0.4, -0.2) is 25.2 Å². The minimum absolute atomic E-state index is 0.126. The van der Waals surface area contributed by atoms with Crippen LogP contribution in [0.2, 0.25) is 0 Å². The molecular weight excluding hydrogens is 191 g/mol. The molecule has 2 nitrogen and oxygen atoms in total. The maximum Gasteiger partial charge on any atom is 0.146 e. The molecule has 1 aromatic carbocycles. The van der Waals surface area contributed by atoms with Crippen LogP contribution < -0.4 is 10.2 Å². The fraction of sp³-hybridized carbons (Fsp3) is 0.500. The first-order chi connectivity index (χ1) is 7.18. The Morgan fingerprint density at radius 1 is 1.33 bits per heavy atom. The van der Waals surface area contributed by atoms with Gasteiger partial charge in [0.1, 0.15) is 5.82 Å². The average Bonchev–Trinajstić information content (AvgIpc) is 2.23. The zero-order valence-corrected chi connectivity index (χ0v) is 9.20. The van der Waals surface area contributed by atoms with Crippen molar-refractivity contribution in [3.63, 3.8) is 0 Å². The van der Waals surface area contributed by atoms with E-state index < -0.39 is 0 Å². The van der Waals surface area contributed by atoms with E-state index in [2.05, 4.69) is 24.1 Å². The van der Waals surface area contributed by atoms with Gasteiger partial charge in [0.2, 0.25) is 0 Å². The molecule has 0 bridgehead atoms. The fourth-order valence-corrected chi connectivity index (χ4v) is 2.04. The van der Waals surface area contributed by atoms with Gasteiger partial charge in [-0.3, -0.25) is 0 Å². The normalized spacial score (nSPS) is 26.7. The SMILES string of the molecule is CC1CN(c2ccccc2F)C(C)CN1. The summed E-state index contributed by atoms with van der Waals surface area (Å²) in [4.78, 5) is 2.14. The van der Waals surface area contributed by atoms with Crippen molar-refractivity contribution in [1.82, 2.24) is 5.32 Å². The second-order valence-electron chi connectivity index (χ2n) is 4.26. The predicted octanol–water partition coefficient (Wildman–Crippen LogP) is 2.01. The summed E-state index contributed by atoms with van der Waals surface area (Å²) >= 11 is 0. The van der Waals surface area contributed by atoms with Gasteiger partial charge in [-0.2, -0.15) is 0 Å². The Morgan fingerprint density at radius 3 is 2.80 bits per heavy atom. The molecule has 1 heterocycles. The quantitative estimate of drug-likeness (QED) is 0.759. The largest absolute Gasteiger partial charge is 0.364 e. The minimum Gasteiger partial charge on any atom is -0.364 e. The molecule has 2 atom stereocenters. The summed E-state index contributed by atoms with van der Waals surface area (Å²) in [5.41, 5.74) is 0.721. The van der Waals surface area contributed by atoms with E-state index in [9.17, 15) is 4.39 Å². The number of nitrogens with one attached hydrogen (secondary N) is 1. The number of para-hydroxylation sites is 1. The second kappa shape index (κ2) is 4.19. The molecule has 0 aromatic heterocycles. The number of hydrogen-bond acceptors (Lipinski definition) is 2. The van der Waals surface area contributed by atoms with Gasteiger partial charge >= 0.3 is 0 Å². The molecule has 1 aromatic rings. The van der Waals surface area contributed by atoms with Crippen LogP contribution in [0, 0.1) is 5.82 Å². The zero-order chi connectivity index (χ0) is 10.8. The van der Waals surface area contributed by atoms with Gasteiger partial charge in [0.25, 0.3) is 0 Å². The van der Waals surface area contributed by atoms with Crippen molar-refractivity contribution in [2.45, 2.75) is 25.9 Å². The van der Waals surface area contributed by atoms with E-state index in [4.69, 9.17) is 0 Å². The van der Waals surface area contributed by atoms with Crippen molar-refractivity contribution in [1.29, 1.82) is 0 Å². The highest BCUT2D eigenvalue weighted by atomic mass is 19.1. The summed E-state index contributed by atoms with van der Waals surface area (Å²) in [5, 5.41) is 3.39. The lowest BCUT2D eigenvalue weighted by atomic mass is 10.1. The van der Waals surface area contributed by atoms with E-state index in [1.165, 1.54) is 6.07 Å². The van der Waals surface area contributed by atoms with Gasteiger partial charge in [-0.1, -0.05) is 12.1 Å². The summed E-state index contributed by atoms with van der Waals surface area (Å²) in [6.45, 7) is 6.02. The third-order valence-corrected chi connectivity index (χ3v) is 2.93. The Labute approximate surface area is 90.1 Å². The van der Waals surface area contributed by atoms with Gasteiger partial charge in [-0.05, 0) is 26.0 Å². The molecule has 1 aliphatic rings. The minimum atomic E-state index is -0.126. The van der Waals surface area contributed by atoms with Crippen molar-refractivity contribution in [2.24, 2.45) is 0 Å². The smallest absolute Gasteiger partial charge is 0.146 e. The number of anilines is 1. The van der Waals surface area contributed by atoms with Gasteiger partial charge in [-0.25, -0.2) is 4.39 Å². The lowest BCUT2D eigenvalue weighted by Crippen LogP contribution is -2.54. The van der Waals surface area contributed by atoms with Crippen LogP contribution in [-0.2, 0) is 0 Å². The summed E-state index contributed by atoms with van der Waals surface area (Å²) in [6, 6.07) is 7.75. The number of benzene rings is 1. The van der Waals surface area contributed by atoms with Gasteiger partial charge in [0.05, 0.1) is 5.69 Å².